The molecule has 1 fully saturated rings. The van der Waals surface area contributed by atoms with Gasteiger partial charge in [-0.25, -0.2) is 0 Å². The van der Waals surface area contributed by atoms with Gasteiger partial charge in [0, 0.05) is 25.1 Å². The number of hydrogen-bond acceptors (Lipinski definition) is 7. The van der Waals surface area contributed by atoms with E-state index >= 15 is 0 Å². The van der Waals surface area contributed by atoms with E-state index in [4.69, 9.17) is 14.6 Å². The molecule has 0 aliphatic heterocycles. The zero-order valence-corrected chi connectivity index (χ0v) is 24.5. The summed E-state index contributed by atoms with van der Waals surface area (Å²) in [5.41, 5.74) is 1.50. The smallest absolute Gasteiger partial charge is 0.325 e. The molecular weight excluding hydrogens is 512 g/mol. The molecule has 1 atom stereocenters. The number of methoxy groups -OCH3 is 3. The number of anilines is 1. The Labute approximate surface area is 237 Å². The molecule has 1 heterocycles. The first kappa shape index (κ1) is 31.0. The summed E-state index contributed by atoms with van der Waals surface area (Å²) in [7, 11) is 4.49. The maximum absolute atomic E-state index is 12.9. The number of carbonyl (C=O) groups is 3. The second kappa shape index (κ2) is 15.3. The molecule has 0 unspecified atom stereocenters. The molecule has 220 valence electrons. The molecule has 1 saturated carbocycles. The van der Waals surface area contributed by atoms with Gasteiger partial charge in [-0.3, -0.25) is 24.0 Å². The SMILES string of the molecule is COC(=O)CNC(=O)C[C@H](CCC1CCCCC1)N(C=O)c1cc(-c2c(OC)cccc2OC)n(CC(C)C)n1. The normalized spacial score (nSPS) is 14.4. The van der Waals surface area contributed by atoms with Crippen LogP contribution in [0.3, 0.4) is 0 Å². The zero-order valence-electron chi connectivity index (χ0n) is 24.5. The van der Waals surface area contributed by atoms with Crippen LogP contribution in [0.2, 0.25) is 0 Å². The van der Waals surface area contributed by atoms with E-state index in [2.05, 4.69) is 23.9 Å². The highest BCUT2D eigenvalue weighted by atomic mass is 16.5. The van der Waals surface area contributed by atoms with E-state index in [9.17, 15) is 14.4 Å². The number of hydrogen-bond donors (Lipinski definition) is 1. The predicted octanol–water partition coefficient (Wildman–Crippen LogP) is 4.59. The summed E-state index contributed by atoms with van der Waals surface area (Å²) in [6, 6.07) is 7.02. The van der Waals surface area contributed by atoms with E-state index in [0.29, 0.717) is 36.2 Å². The number of rotatable bonds is 15. The number of benzene rings is 1. The van der Waals surface area contributed by atoms with Gasteiger partial charge in [0.2, 0.25) is 12.3 Å². The summed E-state index contributed by atoms with van der Waals surface area (Å²) in [5.74, 6) is 1.72. The fraction of sp³-hybridized carbons (Fsp3) is 0.600. The monoisotopic (exact) mass is 556 g/mol. The Balaban J connectivity index is 1.98. The number of carbonyl (C=O) groups excluding carboxylic acids is 3. The van der Waals surface area contributed by atoms with Crippen molar-refractivity contribution in [2.45, 2.75) is 77.8 Å². The molecule has 10 nitrogen and oxygen atoms in total. The van der Waals surface area contributed by atoms with Crippen molar-refractivity contribution >= 4 is 24.1 Å². The Morgan fingerprint density at radius 1 is 1.12 bits per heavy atom. The van der Waals surface area contributed by atoms with Crippen molar-refractivity contribution in [3.8, 4) is 22.8 Å². The molecule has 40 heavy (non-hydrogen) atoms. The summed E-state index contributed by atoms with van der Waals surface area (Å²) >= 11 is 0. The van der Waals surface area contributed by atoms with Crippen LogP contribution in [0.4, 0.5) is 5.82 Å². The molecule has 1 aromatic carbocycles. The zero-order chi connectivity index (χ0) is 29.1. The van der Waals surface area contributed by atoms with Crippen LogP contribution >= 0.6 is 0 Å². The van der Waals surface area contributed by atoms with Gasteiger partial charge in [0.05, 0.1) is 32.6 Å². The topological polar surface area (TPSA) is 112 Å². The first-order valence-corrected chi connectivity index (χ1v) is 14.2. The van der Waals surface area contributed by atoms with Crippen molar-refractivity contribution in [2.24, 2.45) is 11.8 Å². The lowest BCUT2D eigenvalue weighted by Gasteiger charge is -2.29. The van der Waals surface area contributed by atoms with E-state index in [1.54, 1.807) is 19.1 Å². The molecule has 0 spiro atoms. The molecule has 2 amide bonds. The predicted molar refractivity (Wildman–Crippen MR) is 153 cm³/mol. The Bertz CT molecular complexity index is 1100. The van der Waals surface area contributed by atoms with Gasteiger partial charge in [-0.1, -0.05) is 52.0 Å². The maximum Gasteiger partial charge on any atom is 0.325 e. The fourth-order valence-corrected chi connectivity index (χ4v) is 5.42. The van der Waals surface area contributed by atoms with Crippen LogP contribution in [-0.4, -0.2) is 62.0 Å². The van der Waals surface area contributed by atoms with Gasteiger partial charge in [-0.05, 0) is 36.8 Å². The second-order valence-corrected chi connectivity index (χ2v) is 10.8. The highest BCUT2D eigenvalue weighted by Crippen LogP contribution is 2.40. The lowest BCUT2D eigenvalue weighted by Crippen LogP contribution is -2.40. The van der Waals surface area contributed by atoms with Crippen molar-refractivity contribution in [1.29, 1.82) is 0 Å². The fourth-order valence-electron chi connectivity index (χ4n) is 5.42. The van der Waals surface area contributed by atoms with Crippen LogP contribution in [-0.2, 0) is 25.7 Å². The van der Waals surface area contributed by atoms with Crippen molar-refractivity contribution in [3.63, 3.8) is 0 Å². The van der Waals surface area contributed by atoms with Gasteiger partial charge in [0.1, 0.15) is 18.0 Å². The lowest BCUT2D eigenvalue weighted by atomic mass is 9.84. The van der Waals surface area contributed by atoms with Crippen molar-refractivity contribution in [1.82, 2.24) is 15.1 Å². The standard InChI is InChI=1S/C30H44N4O6/c1-21(2)19-34-24(30-25(38-3)12-9-13-26(30)39-4)17-27(32-34)33(20-35)23(15-14-22-10-7-6-8-11-22)16-28(36)31-18-29(37)40-5/h9,12-13,17,20-23H,6-8,10-11,14-16,18-19H2,1-5H3,(H,31,36)/t23-/m0/s1. The van der Waals surface area contributed by atoms with Crippen LogP contribution in [0, 0.1) is 11.8 Å². The van der Waals surface area contributed by atoms with Gasteiger partial charge < -0.3 is 19.5 Å². The molecule has 3 rings (SSSR count). The third-order valence-corrected chi connectivity index (χ3v) is 7.47. The average Bonchev–Trinajstić information content (AvgIpc) is 3.36. The Kier molecular flexibility index (Phi) is 11.8. The number of amides is 2. The van der Waals surface area contributed by atoms with Crippen molar-refractivity contribution in [3.05, 3.63) is 24.3 Å². The highest BCUT2D eigenvalue weighted by Gasteiger charge is 2.28. The number of esters is 1. The van der Waals surface area contributed by atoms with Gasteiger partial charge in [0.15, 0.2) is 5.82 Å². The molecule has 10 heteroatoms. The average molecular weight is 557 g/mol. The Morgan fingerprint density at radius 3 is 2.38 bits per heavy atom. The van der Waals surface area contributed by atoms with Gasteiger partial charge in [-0.2, -0.15) is 5.10 Å². The number of ether oxygens (including phenoxy) is 3. The number of nitrogens with zero attached hydrogens (tertiary/aromatic N) is 3. The van der Waals surface area contributed by atoms with Gasteiger partial charge in [0.25, 0.3) is 0 Å². The summed E-state index contributed by atoms with van der Waals surface area (Å²) < 4.78 is 17.8. The molecule has 1 aliphatic carbocycles. The quantitative estimate of drug-likeness (QED) is 0.252. The van der Waals surface area contributed by atoms with Gasteiger partial charge in [-0.15, -0.1) is 0 Å². The summed E-state index contributed by atoms with van der Waals surface area (Å²) in [4.78, 5) is 38.6. The molecule has 1 aliphatic rings. The van der Waals surface area contributed by atoms with E-state index in [0.717, 1.165) is 24.1 Å². The van der Waals surface area contributed by atoms with Crippen LogP contribution in [0.15, 0.2) is 24.3 Å². The minimum atomic E-state index is -0.526. The van der Waals surface area contributed by atoms with Crippen LogP contribution in [0.25, 0.3) is 11.3 Å². The number of aromatic nitrogens is 2. The first-order chi connectivity index (χ1) is 19.3. The third kappa shape index (κ3) is 8.22. The van der Waals surface area contributed by atoms with E-state index in [1.807, 2.05) is 28.9 Å². The maximum atomic E-state index is 12.9. The van der Waals surface area contributed by atoms with Crippen LogP contribution in [0.1, 0.15) is 65.2 Å². The molecule has 0 radical (unpaired) electrons. The Morgan fingerprint density at radius 2 is 1.80 bits per heavy atom. The van der Waals surface area contributed by atoms with Gasteiger partial charge >= 0.3 is 5.97 Å². The molecule has 2 aromatic rings. The largest absolute Gasteiger partial charge is 0.496 e. The minimum absolute atomic E-state index is 0.0484. The molecule has 1 aromatic heterocycles. The summed E-state index contributed by atoms with van der Waals surface area (Å²) in [6.45, 7) is 4.59. The van der Waals surface area contributed by atoms with Crippen molar-refractivity contribution in [2.75, 3.05) is 32.8 Å². The second-order valence-electron chi connectivity index (χ2n) is 10.8. The molecule has 0 bridgehead atoms. The summed E-state index contributed by atoms with van der Waals surface area (Å²) in [6.07, 6.45) is 8.41. The summed E-state index contributed by atoms with van der Waals surface area (Å²) in [5, 5.41) is 7.47. The van der Waals surface area contributed by atoms with Crippen LogP contribution in [0.5, 0.6) is 11.5 Å². The first-order valence-electron chi connectivity index (χ1n) is 14.2. The molecule has 0 saturated heterocycles. The lowest BCUT2D eigenvalue weighted by molar-refractivity contribution is -0.141. The van der Waals surface area contributed by atoms with Crippen molar-refractivity contribution < 1.29 is 28.6 Å². The third-order valence-electron chi connectivity index (χ3n) is 7.47. The van der Waals surface area contributed by atoms with E-state index in [-0.39, 0.29) is 24.8 Å². The Hall–Kier alpha value is -3.56. The van der Waals surface area contributed by atoms with E-state index in [1.165, 1.54) is 39.2 Å². The minimum Gasteiger partial charge on any atom is -0.496 e. The molecule has 1 N–H and O–H groups in total. The molecular formula is C30H44N4O6. The highest BCUT2D eigenvalue weighted by molar-refractivity contribution is 5.85. The van der Waals surface area contributed by atoms with E-state index < -0.39 is 12.0 Å². The van der Waals surface area contributed by atoms with Crippen LogP contribution < -0.4 is 19.7 Å². The number of nitrogens with one attached hydrogen (secondary N) is 1.